The Labute approximate surface area is 159 Å². The summed E-state index contributed by atoms with van der Waals surface area (Å²) in [6.07, 6.45) is 5.23. The van der Waals surface area contributed by atoms with Crippen molar-refractivity contribution in [2.45, 2.75) is 25.7 Å². The molecule has 2 aromatic rings. The summed E-state index contributed by atoms with van der Waals surface area (Å²) in [4.78, 5) is 24.0. The molecule has 1 saturated heterocycles. The SMILES string of the molecule is Cl.O=C(CCC1CCNCC1)Nc1ccc(NC(=O)c2ccco2)cc1. The van der Waals surface area contributed by atoms with Crippen LogP contribution in [0.25, 0.3) is 0 Å². The molecule has 0 saturated carbocycles. The van der Waals surface area contributed by atoms with Gasteiger partial charge in [0.25, 0.3) is 5.91 Å². The van der Waals surface area contributed by atoms with Gasteiger partial charge in [-0.25, -0.2) is 0 Å². The molecule has 6 nitrogen and oxygen atoms in total. The molecule has 140 valence electrons. The van der Waals surface area contributed by atoms with Gasteiger partial charge in [-0.2, -0.15) is 0 Å². The zero-order valence-corrected chi connectivity index (χ0v) is 15.3. The van der Waals surface area contributed by atoms with Crippen molar-refractivity contribution in [3.63, 3.8) is 0 Å². The van der Waals surface area contributed by atoms with Crippen LogP contribution in [-0.2, 0) is 4.79 Å². The number of rotatable bonds is 6. The minimum absolute atomic E-state index is 0. The molecule has 0 unspecified atom stereocenters. The monoisotopic (exact) mass is 377 g/mol. The normalized spacial score (nSPS) is 14.3. The molecular formula is C19H24ClN3O3. The summed E-state index contributed by atoms with van der Waals surface area (Å²) in [6.45, 7) is 2.11. The number of carbonyl (C=O) groups excluding carboxylic acids is 2. The molecule has 3 rings (SSSR count). The van der Waals surface area contributed by atoms with Crippen molar-refractivity contribution in [1.29, 1.82) is 0 Å². The van der Waals surface area contributed by atoms with E-state index >= 15 is 0 Å². The van der Waals surface area contributed by atoms with Gasteiger partial charge in [0.1, 0.15) is 0 Å². The number of benzene rings is 1. The highest BCUT2D eigenvalue weighted by atomic mass is 35.5. The summed E-state index contributed by atoms with van der Waals surface area (Å²) in [5.74, 6) is 0.635. The third-order valence-corrected chi connectivity index (χ3v) is 4.41. The number of amides is 2. The number of hydrogen-bond acceptors (Lipinski definition) is 4. The van der Waals surface area contributed by atoms with Gasteiger partial charge in [0, 0.05) is 17.8 Å². The second-order valence-electron chi connectivity index (χ2n) is 6.29. The molecule has 3 N–H and O–H groups in total. The molecule has 0 bridgehead atoms. The lowest BCUT2D eigenvalue weighted by molar-refractivity contribution is -0.116. The van der Waals surface area contributed by atoms with E-state index in [2.05, 4.69) is 16.0 Å². The minimum Gasteiger partial charge on any atom is -0.459 e. The molecule has 1 aliphatic heterocycles. The van der Waals surface area contributed by atoms with E-state index in [9.17, 15) is 9.59 Å². The lowest BCUT2D eigenvalue weighted by atomic mass is 9.93. The largest absolute Gasteiger partial charge is 0.459 e. The average Bonchev–Trinajstić information content (AvgIpc) is 3.17. The minimum atomic E-state index is -0.302. The number of carbonyl (C=O) groups is 2. The molecule has 7 heteroatoms. The van der Waals surface area contributed by atoms with Gasteiger partial charge in [-0.05, 0) is 74.7 Å². The Hall–Kier alpha value is -2.31. The zero-order valence-electron chi connectivity index (χ0n) is 14.5. The van der Waals surface area contributed by atoms with Crippen molar-refractivity contribution < 1.29 is 14.0 Å². The highest BCUT2D eigenvalue weighted by Crippen LogP contribution is 2.19. The summed E-state index contributed by atoms with van der Waals surface area (Å²) in [5, 5.41) is 8.98. The van der Waals surface area contributed by atoms with E-state index in [1.54, 1.807) is 36.4 Å². The summed E-state index contributed by atoms with van der Waals surface area (Å²) in [5.41, 5.74) is 1.38. The number of anilines is 2. The quantitative estimate of drug-likeness (QED) is 0.717. The number of hydrogen-bond donors (Lipinski definition) is 3. The van der Waals surface area contributed by atoms with Gasteiger partial charge < -0.3 is 20.4 Å². The molecule has 2 heterocycles. The molecule has 0 aliphatic carbocycles. The first-order chi connectivity index (χ1) is 12.2. The van der Waals surface area contributed by atoms with E-state index in [4.69, 9.17) is 4.42 Å². The summed E-state index contributed by atoms with van der Waals surface area (Å²) < 4.78 is 5.05. The highest BCUT2D eigenvalue weighted by molar-refractivity contribution is 6.02. The van der Waals surface area contributed by atoms with Crippen LogP contribution in [0, 0.1) is 5.92 Å². The summed E-state index contributed by atoms with van der Waals surface area (Å²) >= 11 is 0. The molecule has 0 atom stereocenters. The van der Waals surface area contributed by atoms with Crippen LogP contribution in [0.4, 0.5) is 11.4 Å². The van der Waals surface area contributed by atoms with Crippen molar-refractivity contribution >= 4 is 35.6 Å². The smallest absolute Gasteiger partial charge is 0.291 e. The number of nitrogens with one attached hydrogen (secondary N) is 3. The Morgan fingerprint density at radius 1 is 1.04 bits per heavy atom. The number of furan rings is 1. The number of halogens is 1. The van der Waals surface area contributed by atoms with E-state index in [1.165, 1.54) is 6.26 Å². The van der Waals surface area contributed by atoms with Gasteiger partial charge >= 0.3 is 0 Å². The first-order valence-electron chi connectivity index (χ1n) is 8.66. The third kappa shape index (κ3) is 5.89. The molecule has 1 aromatic carbocycles. The van der Waals surface area contributed by atoms with Crippen LogP contribution < -0.4 is 16.0 Å². The van der Waals surface area contributed by atoms with Crippen LogP contribution in [0.15, 0.2) is 47.1 Å². The Morgan fingerprint density at radius 2 is 1.69 bits per heavy atom. The molecule has 1 aliphatic rings. The third-order valence-electron chi connectivity index (χ3n) is 4.41. The van der Waals surface area contributed by atoms with Crippen molar-refractivity contribution in [3.05, 3.63) is 48.4 Å². The lowest BCUT2D eigenvalue weighted by Gasteiger charge is -2.22. The van der Waals surface area contributed by atoms with Gasteiger partial charge in [0.2, 0.25) is 5.91 Å². The Bertz CT molecular complexity index is 695. The molecule has 2 amide bonds. The predicted molar refractivity (Wildman–Crippen MR) is 104 cm³/mol. The first kappa shape index (κ1) is 20.0. The van der Waals surface area contributed by atoms with E-state index in [1.807, 2.05) is 0 Å². The Balaban J connectivity index is 0.00000243. The summed E-state index contributed by atoms with van der Waals surface area (Å²) in [6, 6.07) is 10.3. The van der Waals surface area contributed by atoms with E-state index in [-0.39, 0.29) is 30.0 Å². The topological polar surface area (TPSA) is 83.4 Å². The second kappa shape index (κ2) is 9.99. The van der Waals surface area contributed by atoms with E-state index < -0.39 is 0 Å². The summed E-state index contributed by atoms with van der Waals surface area (Å²) in [7, 11) is 0. The van der Waals surface area contributed by atoms with Crippen LogP contribution in [0.5, 0.6) is 0 Å². The van der Waals surface area contributed by atoms with Crippen molar-refractivity contribution in [3.8, 4) is 0 Å². The lowest BCUT2D eigenvalue weighted by Crippen LogP contribution is -2.28. The van der Waals surface area contributed by atoms with Crippen molar-refractivity contribution in [2.75, 3.05) is 23.7 Å². The van der Waals surface area contributed by atoms with E-state index in [0.29, 0.717) is 18.0 Å². The number of piperidine rings is 1. The zero-order chi connectivity index (χ0) is 17.5. The van der Waals surface area contributed by atoms with Gasteiger partial charge in [-0.15, -0.1) is 12.4 Å². The molecular weight excluding hydrogens is 354 g/mol. The first-order valence-corrected chi connectivity index (χ1v) is 8.66. The van der Waals surface area contributed by atoms with Crippen LogP contribution in [-0.4, -0.2) is 24.9 Å². The predicted octanol–water partition coefficient (Wildman–Crippen LogP) is 3.67. The van der Waals surface area contributed by atoms with Crippen LogP contribution >= 0.6 is 12.4 Å². The van der Waals surface area contributed by atoms with Gasteiger partial charge in [-0.1, -0.05) is 0 Å². The van der Waals surface area contributed by atoms with Gasteiger partial charge in [0.15, 0.2) is 5.76 Å². The second-order valence-corrected chi connectivity index (χ2v) is 6.29. The van der Waals surface area contributed by atoms with Crippen molar-refractivity contribution in [1.82, 2.24) is 5.32 Å². The van der Waals surface area contributed by atoms with E-state index in [0.717, 1.165) is 38.0 Å². The molecule has 1 fully saturated rings. The highest BCUT2D eigenvalue weighted by Gasteiger charge is 2.14. The maximum absolute atomic E-state index is 12.1. The fourth-order valence-corrected chi connectivity index (χ4v) is 2.97. The van der Waals surface area contributed by atoms with Crippen molar-refractivity contribution in [2.24, 2.45) is 5.92 Å². The van der Waals surface area contributed by atoms with Gasteiger partial charge in [0.05, 0.1) is 6.26 Å². The Morgan fingerprint density at radius 3 is 2.31 bits per heavy atom. The standard InChI is InChI=1S/C19H23N3O3.ClH/c23-18(8-3-14-9-11-20-12-10-14)21-15-4-6-16(7-5-15)22-19(24)17-2-1-13-25-17;/h1-2,4-7,13-14,20H,3,8-12H2,(H,21,23)(H,22,24);1H. The maximum Gasteiger partial charge on any atom is 0.291 e. The Kier molecular flexibility index (Phi) is 7.69. The van der Waals surface area contributed by atoms with Crippen LogP contribution in [0.2, 0.25) is 0 Å². The fraction of sp³-hybridized carbons (Fsp3) is 0.368. The van der Waals surface area contributed by atoms with Crippen LogP contribution in [0.1, 0.15) is 36.2 Å². The maximum atomic E-state index is 12.1. The molecule has 0 radical (unpaired) electrons. The molecule has 26 heavy (non-hydrogen) atoms. The molecule has 0 spiro atoms. The van der Waals surface area contributed by atoms with Crippen LogP contribution in [0.3, 0.4) is 0 Å². The molecule has 1 aromatic heterocycles. The fourth-order valence-electron chi connectivity index (χ4n) is 2.97. The average molecular weight is 378 g/mol. The van der Waals surface area contributed by atoms with Gasteiger partial charge in [-0.3, -0.25) is 9.59 Å².